The van der Waals surface area contributed by atoms with Crippen molar-refractivity contribution in [2.24, 2.45) is 0 Å². The van der Waals surface area contributed by atoms with Crippen molar-refractivity contribution >= 4 is 5.82 Å². The lowest BCUT2D eigenvalue weighted by atomic mass is 10.1. The van der Waals surface area contributed by atoms with Crippen molar-refractivity contribution < 1.29 is 13.2 Å². The van der Waals surface area contributed by atoms with Gasteiger partial charge >= 0.3 is 6.18 Å². The molecule has 2 aromatic rings. The summed E-state index contributed by atoms with van der Waals surface area (Å²) in [6.07, 6.45) is -2.11. The van der Waals surface area contributed by atoms with Crippen LogP contribution in [0.5, 0.6) is 0 Å². The molecule has 0 N–H and O–H groups in total. The van der Waals surface area contributed by atoms with E-state index in [0.29, 0.717) is 17.3 Å². The molecule has 1 aliphatic heterocycles. The zero-order valence-corrected chi connectivity index (χ0v) is 15.7. The highest BCUT2D eigenvalue weighted by Gasteiger charge is 2.30. The molecule has 0 aliphatic carbocycles. The topological polar surface area (TPSA) is 32.3 Å². The number of anilines is 1. The highest BCUT2D eigenvalue weighted by molar-refractivity contribution is 5.60. The summed E-state index contributed by atoms with van der Waals surface area (Å²) in [4.78, 5) is 4.73. The minimum absolute atomic E-state index is 0.573. The molecule has 1 saturated heterocycles. The first-order chi connectivity index (χ1) is 12.9. The van der Waals surface area contributed by atoms with E-state index in [1.807, 2.05) is 12.1 Å². The monoisotopic (exact) mass is 378 g/mol. The first-order valence-electron chi connectivity index (χ1n) is 9.39. The van der Waals surface area contributed by atoms with E-state index < -0.39 is 11.7 Å². The third-order valence-electron chi connectivity index (χ3n) is 5.23. The Bertz CT molecular complexity index is 728. The van der Waals surface area contributed by atoms with Crippen LogP contribution in [0.2, 0.25) is 0 Å². The predicted octanol–water partition coefficient (Wildman–Crippen LogP) is 4.47. The Hall–Kier alpha value is -2.15. The molecule has 1 atom stereocenters. The Balaban J connectivity index is 1.68. The number of hydrogen-bond donors (Lipinski definition) is 0. The third kappa shape index (κ3) is 4.77. The maximum Gasteiger partial charge on any atom is 0.416 e. The van der Waals surface area contributed by atoms with Gasteiger partial charge in [0, 0.05) is 37.8 Å². The van der Waals surface area contributed by atoms with Crippen LogP contribution in [0.3, 0.4) is 0 Å². The Morgan fingerprint density at radius 3 is 2.30 bits per heavy atom. The molecule has 4 nitrogen and oxygen atoms in total. The standard InChI is InChI=1S/C20H25F3N4/c1-3-15(2)26-11-4-12-27(14-13-26)19-10-9-18(24-25-19)16-5-7-17(8-6-16)20(21,22)23/h5-10,15H,3-4,11-14H2,1-2H3. The number of nitrogens with zero attached hydrogens (tertiary/aromatic N) is 4. The minimum atomic E-state index is -4.33. The van der Waals surface area contributed by atoms with Crippen LogP contribution in [0.1, 0.15) is 32.3 Å². The SMILES string of the molecule is CCC(C)N1CCCN(c2ccc(-c3ccc(C(F)(F)F)cc3)nn2)CC1. The number of benzene rings is 1. The third-order valence-corrected chi connectivity index (χ3v) is 5.23. The molecule has 1 aromatic heterocycles. The van der Waals surface area contributed by atoms with Gasteiger partial charge in [0.25, 0.3) is 0 Å². The zero-order valence-electron chi connectivity index (χ0n) is 15.7. The van der Waals surface area contributed by atoms with Crippen LogP contribution in [0.25, 0.3) is 11.3 Å². The lowest BCUT2D eigenvalue weighted by Crippen LogP contribution is -2.36. The molecule has 2 heterocycles. The van der Waals surface area contributed by atoms with Gasteiger partial charge in [-0.2, -0.15) is 13.2 Å². The largest absolute Gasteiger partial charge is 0.416 e. The zero-order chi connectivity index (χ0) is 19.4. The van der Waals surface area contributed by atoms with Gasteiger partial charge in [-0.1, -0.05) is 19.1 Å². The van der Waals surface area contributed by atoms with Crippen LogP contribution in [-0.2, 0) is 6.18 Å². The summed E-state index contributed by atoms with van der Waals surface area (Å²) in [6, 6.07) is 9.32. The minimum Gasteiger partial charge on any atom is -0.354 e. The van der Waals surface area contributed by atoms with E-state index in [0.717, 1.165) is 57.0 Å². The van der Waals surface area contributed by atoms with Crippen LogP contribution in [0, 0.1) is 0 Å². The van der Waals surface area contributed by atoms with Crippen LogP contribution in [0.15, 0.2) is 36.4 Å². The average molecular weight is 378 g/mol. The molecule has 27 heavy (non-hydrogen) atoms. The van der Waals surface area contributed by atoms with Crippen molar-refractivity contribution in [2.75, 3.05) is 31.1 Å². The number of hydrogen-bond acceptors (Lipinski definition) is 4. The molecule has 1 aliphatic rings. The van der Waals surface area contributed by atoms with E-state index in [4.69, 9.17) is 0 Å². The fourth-order valence-electron chi connectivity index (χ4n) is 3.34. The highest BCUT2D eigenvalue weighted by atomic mass is 19.4. The second-order valence-corrected chi connectivity index (χ2v) is 6.99. The summed E-state index contributed by atoms with van der Waals surface area (Å²) in [5.74, 6) is 0.816. The van der Waals surface area contributed by atoms with Crippen LogP contribution < -0.4 is 4.90 Å². The molecule has 7 heteroatoms. The van der Waals surface area contributed by atoms with Crippen molar-refractivity contribution in [3.05, 3.63) is 42.0 Å². The van der Waals surface area contributed by atoms with Crippen molar-refractivity contribution in [2.45, 2.75) is 38.9 Å². The summed E-state index contributed by atoms with van der Waals surface area (Å²) < 4.78 is 38.0. The van der Waals surface area contributed by atoms with Crippen molar-refractivity contribution in [3.63, 3.8) is 0 Å². The van der Waals surface area contributed by atoms with Crippen LogP contribution >= 0.6 is 0 Å². The second kappa shape index (κ2) is 8.25. The van der Waals surface area contributed by atoms with Crippen LogP contribution in [-0.4, -0.2) is 47.3 Å². The summed E-state index contributed by atoms with van der Waals surface area (Å²) in [5, 5.41) is 8.55. The van der Waals surface area contributed by atoms with E-state index in [1.54, 1.807) is 0 Å². The molecule has 0 spiro atoms. The molecular weight excluding hydrogens is 353 g/mol. The molecule has 0 radical (unpaired) electrons. The Morgan fingerprint density at radius 1 is 0.963 bits per heavy atom. The van der Waals surface area contributed by atoms with E-state index in [-0.39, 0.29) is 0 Å². The number of alkyl halides is 3. The van der Waals surface area contributed by atoms with Crippen molar-refractivity contribution in [3.8, 4) is 11.3 Å². The summed E-state index contributed by atoms with van der Waals surface area (Å²) >= 11 is 0. The molecule has 3 rings (SSSR count). The number of halogens is 3. The molecule has 1 fully saturated rings. The molecule has 0 saturated carbocycles. The maximum atomic E-state index is 12.7. The van der Waals surface area contributed by atoms with E-state index in [9.17, 15) is 13.2 Å². The normalized spacial score (nSPS) is 17.6. The Kier molecular flexibility index (Phi) is 5.99. The Labute approximate surface area is 158 Å². The fraction of sp³-hybridized carbons (Fsp3) is 0.500. The lowest BCUT2D eigenvalue weighted by molar-refractivity contribution is -0.137. The molecule has 1 unspecified atom stereocenters. The van der Waals surface area contributed by atoms with Gasteiger partial charge in [0.2, 0.25) is 0 Å². The highest BCUT2D eigenvalue weighted by Crippen LogP contribution is 2.30. The van der Waals surface area contributed by atoms with Crippen molar-refractivity contribution in [1.29, 1.82) is 0 Å². The van der Waals surface area contributed by atoms with Gasteiger partial charge in [0.05, 0.1) is 11.3 Å². The quantitative estimate of drug-likeness (QED) is 0.786. The lowest BCUT2D eigenvalue weighted by Gasteiger charge is -2.27. The summed E-state index contributed by atoms with van der Waals surface area (Å²) in [6.45, 7) is 8.38. The predicted molar refractivity (Wildman–Crippen MR) is 101 cm³/mol. The number of aromatic nitrogens is 2. The first-order valence-corrected chi connectivity index (χ1v) is 9.39. The summed E-state index contributed by atoms with van der Waals surface area (Å²) in [5.41, 5.74) is 0.538. The maximum absolute atomic E-state index is 12.7. The van der Waals surface area contributed by atoms with E-state index in [2.05, 4.69) is 33.8 Å². The first kappa shape index (κ1) is 19.6. The fourth-order valence-corrected chi connectivity index (χ4v) is 3.34. The average Bonchev–Trinajstić information content (AvgIpc) is 2.93. The molecule has 1 aromatic carbocycles. The van der Waals surface area contributed by atoms with Gasteiger partial charge < -0.3 is 4.90 Å². The van der Waals surface area contributed by atoms with Gasteiger partial charge in [0.1, 0.15) is 0 Å². The van der Waals surface area contributed by atoms with Gasteiger partial charge in [-0.05, 0) is 44.0 Å². The smallest absolute Gasteiger partial charge is 0.354 e. The molecule has 0 amide bonds. The molecule has 146 valence electrons. The van der Waals surface area contributed by atoms with Gasteiger partial charge in [-0.3, -0.25) is 4.90 Å². The summed E-state index contributed by atoms with van der Waals surface area (Å²) in [7, 11) is 0. The van der Waals surface area contributed by atoms with Gasteiger partial charge in [-0.15, -0.1) is 10.2 Å². The van der Waals surface area contributed by atoms with Gasteiger partial charge in [0.15, 0.2) is 5.82 Å². The molecular formula is C20H25F3N4. The second-order valence-electron chi connectivity index (χ2n) is 6.99. The molecule has 0 bridgehead atoms. The van der Waals surface area contributed by atoms with Crippen LogP contribution in [0.4, 0.5) is 19.0 Å². The van der Waals surface area contributed by atoms with E-state index >= 15 is 0 Å². The van der Waals surface area contributed by atoms with E-state index in [1.165, 1.54) is 12.1 Å². The number of rotatable bonds is 4. The Morgan fingerprint density at radius 2 is 1.70 bits per heavy atom. The van der Waals surface area contributed by atoms with Gasteiger partial charge in [-0.25, -0.2) is 0 Å². The van der Waals surface area contributed by atoms with Crippen molar-refractivity contribution in [1.82, 2.24) is 15.1 Å².